The van der Waals surface area contributed by atoms with Gasteiger partial charge in [-0.1, -0.05) is 37.0 Å². The summed E-state index contributed by atoms with van der Waals surface area (Å²) in [5, 5.41) is 5.43. The van der Waals surface area contributed by atoms with Crippen molar-refractivity contribution in [3.63, 3.8) is 0 Å². The van der Waals surface area contributed by atoms with E-state index in [1.165, 1.54) is 0 Å². The molecule has 0 saturated carbocycles. The summed E-state index contributed by atoms with van der Waals surface area (Å²) >= 11 is 12.1. The monoisotopic (exact) mass is 327 g/mol. The van der Waals surface area contributed by atoms with E-state index in [2.05, 4.69) is 29.4 Å². The summed E-state index contributed by atoms with van der Waals surface area (Å²) in [6.07, 6.45) is 2.18. The van der Waals surface area contributed by atoms with Crippen LogP contribution in [0.4, 0.5) is 0 Å². The van der Waals surface area contributed by atoms with Crippen molar-refractivity contribution >= 4 is 23.2 Å². The number of benzene rings is 1. The Kier molecular flexibility index (Phi) is 5.58. The number of hydrazine groups is 1. The highest BCUT2D eigenvalue weighted by molar-refractivity contribution is 6.34. The fraction of sp³-hybridized carbons (Fsp3) is 0.429. The van der Waals surface area contributed by atoms with Gasteiger partial charge in [0.15, 0.2) is 0 Å². The van der Waals surface area contributed by atoms with Gasteiger partial charge in [0.2, 0.25) is 0 Å². The molecule has 1 unspecified atom stereocenters. The van der Waals surface area contributed by atoms with E-state index in [1.807, 2.05) is 16.8 Å². The lowest BCUT2D eigenvalue weighted by Gasteiger charge is -2.17. The third-order valence-electron chi connectivity index (χ3n) is 3.11. The molecule has 0 aliphatic carbocycles. The van der Waals surface area contributed by atoms with Gasteiger partial charge >= 0.3 is 0 Å². The van der Waals surface area contributed by atoms with Crippen LogP contribution in [0.1, 0.15) is 31.3 Å². The Morgan fingerprint density at radius 1 is 1.24 bits per heavy atom. The Bertz CT molecular complexity index is 577. The standard InChI is InChI=1S/C14H19Cl2N5/c1-9(2)7-21-14(18-8-19-21)6-13(20-17)10-3-11(15)5-12(16)4-10/h3-5,8-9,13,20H,6-7,17H2,1-2H3. The Hall–Kier alpha value is -1.14. The Labute approximate surface area is 134 Å². The number of nitrogens with zero attached hydrogens (tertiary/aromatic N) is 3. The van der Waals surface area contributed by atoms with Gasteiger partial charge in [0.05, 0.1) is 6.04 Å². The summed E-state index contributed by atoms with van der Waals surface area (Å²) in [6.45, 7) is 5.10. The van der Waals surface area contributed by atoms with Crippen molar-refractivity contribution in [1.82, 2.24) is 20.2 Å². The minimum atomic E-state index is -0.128. The molecule has 0 bridgehead atoms. The van der Waals surface area contributed by atoms with E-state index in [-0.39, 0.29) is 6.04 Å². The summed E-state index contributed by atoms with van der Waals surface area (Å²) in [5.41, 5.74) is 3.72. The van der Waals surface area contributed by atoms with Gasteiger partial charge in [-0.15, -0.1) is 0 Å². The first kappa shape index (κ1) is 16.2. The fourth-order valence-corrected chi connectivity index (χ4v) is 2.72. The lowest BCUT2D eigenvalue weighted by atomic mass is 10.0. The van der Waals surface area contributed by atoms with Crippen LogP contribution in [0.15, 0.2) is 24.5 Å². The number of nitrogens with one attached hydrogen (secondary N) is 1. The highest BCUT2D eigenvalue weighted by Crippen LogP contribution is 2.25. The van der Waals surface area contributed by atoms with Gasteiger partial charge in [-0.05, 0) is 29.7 Å². The lowest BCUT2D eigenvalue weighted by Crippen LogP contribution is -2.30. The number of aromatic nitrogens is 3. The van der Waals surface area contributed by atoms with E-state index in [1.54, 1.807) is 12.4 Å². The van der Waals surface area contributed by atoms with E-state index in [4.69, 9.17) is 29.0 Å². The van der Waals surface area contributed by atoms with Crippen molar-refractivity contribution in [2.45, 2.75) is 32.9 Å². The topological polar surface area (TPSA) is 68.8 Å². The average Bonchev–Trinajstić information content (AvgIpc) is 2.81. The maximum Gasteiger partial charge on any atom is 0.138 e. The predicted octanol–water partition coefficient (Wildman–Crippen LogP) is 2.99. The van der Waals surface area contributed by atoms with E-state index in [9.17, 15) is 0 Å². The zero-order chi connectivity index (χ0) is 15.4. The molecule has 1 heterocycles. The first-order valence-electron chi connectivity index (χ1n) is 6.78. The molecule has 7 heteroatoms. The molecule has 3 N–H and O–H groups in total. The number of hydrogen-bond donors (Lipinski definition) is 2. The Morgan fingerprint density at radius 2 is 1.90 bits per heavy atom. The van der Waals surface area contributed by atoms with Crippen LogP contribution in [0.3, 0.4) is 0 Å². The number of hydrogen-bond acceptors (Lipinski definition) is 4. The average molecular weight is 328 g/mol. The van der Waals surface area contributed by atoms with Crippen LogP contribution in [-0.2, 0) is 13.0 Å². The third-order valence-corrected chi connectivity index (χ3v) is 3.55. The molecule has 0 amide bonds. The second-order valence-corrected chi connectivity index (χ2v) is 6.25. The highest BCUT2D eigenvalue weighted by Gasteiger charge is 2.16. The van der Waals surface area contributed by atoms with Gasteiger partial charge in [0.1, 0.15) is 12.2 Å². The second-order valence-electron chi connectivity index (χ2n) is 5.38. The maximum atomic E-state index is 6.05. The first-order valence-corrected chi connectivity index (χ1v) is 7.54. The number of halogens is 2. The molecule has 0 aliphatic heterocycles. The minimum Gasteiger partial charge on any atom is -0.271 e. The fourth-order valence-electron chi connectivity index (χ4n) is 2.18. The zero-order valence-corrected chi connectivity index (χ0v) is 13.6. The minimum absolute atomic E-state index is 0.128. The molecule has 2 aromatic rings. The zero-order valence-electron chi connectivity index (χ0n) is 12.1. The molecule has 0 fully saturated rings. The van der Waals surface area contributed by atoms with Crippen LogP contribution in [-0.4, -0.2) is 14.8 Å². The molecule has 5 nitrogen and oxygen atoms in total. The van der Waals surface area contributed by atoms with Crippen molar-refractivity contribution in [1.29, 1.82) is 0 Å². The van der Waals surface area contributed by atoms with Crippen LogP contribution in [0, 0.1) is 5.92 Å². The summed E-state index contributed by atoms with van der Waals surface area (Å²) < 4.78 is 1.90. The molecular formula is C14H19Cl2N5. The van der Waals surface area contributed by atoms with Crippen LogP contribution in [0.25, 0.3) is 0 Å². The first-order chi connectivity index (χ1) is 9.99. The number of nitrogens with two attached hydrogens (primary N) is 1. The van der Waals surface area contributed by atoms with E-state index >= 15 is 0 Å². The highest BCUT2D eigenvalue weighted by atomic mass is 35.5. The molecule has 1 aromatic heterocycles. The summed E-state index contributed by atoms with van der Waals surface area (Å²) in [5.74, 6) is 7.05. The van der Waals surface area contributed by atoms with Gasteiger partial charge in [-0.2, -0.15) is 5.10 Å². The van der Waals surface area contributed by atoms with E-state index in [0.717, 1.165) is 17.9 Å². The van der Waals surface area contributed by atoms with Crippen molar-refractivity contribution in [2.75, 3.05) is 0 Å². The van der Waals surface area contributed by atoms with Crippen molar-refractivity contribution in [3.8, 4) is 0 Å². The molecule has 21 heavy (non-hydrogen) atoms. The molecule has 2 rings (SSSR count). The largest absolute Gasteiger partial charge is 0.271 e. The maximum absolute atomic E-state index is 6.05. The number of rotatable bonds is 6. The summed E-state index contributed by atoms with van der Waals surface area (Å²) in [6, 6.07) is 5.26. The molecule has 0 spiro atoms. The quantitative estimate of drug-likeness (QED) is 0.632. The molecule has 0 radical (unpaired) electrons. The van der Waals surface area contributed by atoms with Gasteiger partial charge in [0.25, 0.3) is 0 Å². The van der Waals surface area contributed by atoms with Crippen molar-refractivity contribution in [2.24, 2.45) is 11.8 Å². The van der Waals surface area contributed by atoms with Gasteiger partial charge < -0.3 is 0 Å². The van der Waals surface area contributed by atoms with Gasteiger partial charge in [-0.3, -0.25) is 11.3 Å². The molecular weight excluding hydrogens is 309 g/mol. The summed E-state index contributed by atoms with van der Waals surface area (Å²) in [4.78, 5) is 4.32. The van der Waals surface area contributed by atoms with E-state index < -0.39 is 0 Å². The molecule has 1 aromatic carbocycles. The van der Waals surface area contributed by atoms with Gasteiger partial charge in [0, 0.05) is 23.0 Å². The van der Waals surface area contributed by atoms with Crippen molar-refractivity contribution in [3.05, 3.63) is 46.0 Å². The third kappa shape index (κ3) is 4.41. The second kappa shape index (κ2) is 7.22. The SMILES string of the molecule is CC(C)Cn1ncnc1CC(NN)c1cc(Cl)cc(Cl)c1. The Balaban J connectivity index is 2.21. The van der Waals surface area contributed by atoms with Crippen LogP contribution >= 0.6 is 23.2 Å². The van der Waals surface area contributed by atoms with Crippen LogP contribution in [0.5, 0.6) is 0 Å². The normalized spacial score (nSPS) is 12.9. The molecule has 114 valence electrons. The van der Waals surface area contributed by atoms with Crippen LogP contribution < -0.4 is 11.3 Å². The van der Waals surface area contributed by atoms with E-state index in [0.29, 0.717) is 22.4 Å². The molecule has 0 aliphatic rings. The lowest BCUT2D eigenvalue weighted by molar-refractivity contribution is 0.446. The molecule has 1 atom stereocenters. The van der Waals surface area contributed by atoms with Gasteiger partial charge in [-0.25, -0.2) is 9.67 Å². The Morgan fingerprint density at radius 3 is 2.48 bits per heavy atom. The van der Waals surface area contributed by atoms with Crippen molar-refractivity contribution < 1.29 is 0 Å². The van der Waals surface area contributed by atoms with Crippen LogP contribution in [0.2, 0.25) is 10.0 Å². The molecule has 0 saturated heterocycles. The summed E-state index contributed by atoms with van der Waals surface area (Å²) in [7, 11) is 0. The smallest absolute Gasteiger partial charge is 0.138 e. The predicted molar refractivity (Wildman–Crippen MR) is 85.1 cm³/mol.